The predicted octanol–water partition coefficient (Wildman–Crippen LogP) is 3.11. The summed E-state index contributed by atoms with van der Waals surface area (Å²) in [6.45, 7) is 3.40. The highest BCUT2D eigenvalue weighted by atomic mass is 15.0. The summed E-state index contributed by atoms with van der Waals surface area (Å²) in [6, 6.07) is 2.11. The highest BCUT2D eigenvalue weighted by Gasteiger charge is 1.93. The van der Waals surface area contributed by atoms with Crippen LogP contribution in [-0.2, 0) is 6.54 Å². The largest absolute Gasteiger partial charge is 0.387 e. The van der Waals surface area contributed by atoms with E-state index in [9.17, 15) is 0 Å². The number of hydrogen-bond donors (Lipinski definition) is 1. The monoisotopic (exact) mass is 180 g/mol. The van der Waals surface area contributed by atoms with Crippen molar-refractivity contribution in [3.8, 4) is 0 Å². The average molecular weight is 180 g/mol. The fourth-order valence-corrected chi connectivity index (χ4v) is 1.45. The summed E-state index contributed by atoms with van der Waals surface area (Å²) in [7, 11) is 1.96. The van der Waals surface area contributed by atoms with Crippen LogP contribution in [-0.4, -0.2) is 11.6 Å². The number of nitrogens with one attached hydrogen (secondary N) is 1. The van der Waals surface area contributed by atoms with Gasteiger partial charge in [-0.25, -0.2) is 0 Å². The first-order chi connectivity index (χ1) is 6.36. The van der Waals surface area contributed by atoms with E-state index < -0.39 is 0 Å². The molecule has 0 spiro atoms. The first-order valence-corrected chi connectivity index (χ1v) is 5.20. The molecule has 0 saturated heterocycles. The van der Waals surface area contributed by atoms with Crippen molar-refractivity contribution in [3.05, 3.63) is 18.5 Å². The maximum atomic E-state index is 3.13. The van der Waals surface area contributed by atoms with Gasteiger partial charge in [-0.1, -0.05) is 26.2 Å². The van der Waals surface area contributed by atoms with Crippen LogP contribution < -0.4 is 5.32 Å². The van der Waals surface area contributed by atoms with Crippen LogP contribution in [0.1, 0.15) is 32.6 Å². The van der Waals surface area contributed by atoms with Gasteiger partial charge in [-0.2, -0.15) is 0 Å². The molecular formula is C11H20N2. The Morgan fingerprint density at radius 1 is 1.31 bits per heavy atom. The summed E-state index contributed by atoms with van der Waals surface area (Å²) in [4.78, 5) is 0. The Morgan fingerprint density at radius 3 is 2.77 bits per heavy atom. The Hall–Kier alpha value is -0.920. The Morgan fingerprint density at radius 2 is 2.15 bits per heavy atom. The Labute approximate surface area is 81.0 Å². The minimum Gasteiger partial charge on any atom is -0.387 e. The van der Waals surface area contributed by atoms with Crippen molar-refractivity contribution < 1.29 is 0 Å². The molecule has 0 atom stereocenters. The Bertz CT molecular complexity index is 228. The van der Waals surface area contributed by atoms with Crippen molar-refractivity contribution in [2.45, 2.75) is 39.2 Å². The third-order valence-corrected chi connectivity index (χ3v) is 2.31. The lowest BCUT2D eigenvalue weighted by atomic mass is 10.2. The van der Waals surface area contributed by atoms with Crippen LogP contribution in [0.4, 0.5) is 5.69 Å². The van der Waals surface area contributed by atoms with Crippen LogP contribution in [0.2, 0.25) is 0 Å². The number of aromatic nitrogens is 1. The fourth-order valence-electron chi connectivity index (χ4n) is 1.45. The summed E-state index contributed by atoms with van der Waals surface area (Å²) in [5.74, 6) is 0. The fraction of sp³-hybridized carbons (Fsp3) is 0.636. The second-order valence-corrected chi connectivity index (χ2v) is 3.45. The first-order valence-electron chi connectivity index (χ1n) is 5.20. The van der Waals surface area contributed by atoms with Gasteiger partial charge in [0.15, 0.2) is 0 Å². The van der Waals surface area contributed by atoms with Gasteiger partial charge < -0.3 is 9.88 Å². The lowest BCUT2D eigenvalue weighted by Gasteiger charge is -2.01. The SMILES string of the molecule is CCCCCCn1ccc(NC)c1. The van der Waals surface area contributed by atoms with Gasteiger partial charge in [0.05, 0.1) is 5.69 Å². The molecule has 0 aromatic carbocycles. The van der Waals surface area contributed by atoms with E-state index in [1.807, 2.05) is 7.05 Å². The number of aryl methyl sites for hydroxylation is 1. The third kappa shape index (κ3) is 3.53. The maximum absolute atomic E-state index is 3.13. The predicted molar refractivity (Wildman–Crippen MR) is 58.1 cm³/mol. The van der Waals surface area contributed by atoms with Crippen molar-refractivity contribution in [2.75, 3.05) is 12.4 Å². The van der Waals surface area contributed by atoms with E-state index in [1.54, 1.807) is 0 Å². The van der Waals surface area contributed by atoms with Crippen molar-refractivity contribution in [1.82, 2.24) is 4.57 Å². The van der Waals surface area contributed by atoms with Crippen molar-refractivity contribution in [3.63, 3.8) is 0 Å². The molecule has 0 aliphatic heterocycles. The van der Waals surface area contributed by atoms with E-state index in [-0.39, 0.29) is 0 Å². The van der Waals surface area contributed by atoms with E-state index in [0.29, 0.717) is 0 Å². The van der Waals surface area contributed by atoms with Crippen LogP contribution in [0.3, 0.4) is 0 Å². The van der Waals surface area contributed by atoms with Crippen LogP contribution in [0, 0.1) is 0 Å². The molecular weight excluding hydrogens is 160 g/mol. The molecule has 1 aromatic heterocycles. The molecule has 0 fully saturated rings. The smallest absolute Gasteiger partial charge is 0.0517 e. The normalized spacial score (nSPS) is 10.3. The topological polar surface area (TPSA) is 17.0 Å². The molecule has 1 heterocycles. The highest BCUT2D eigenvalue weighted by Crippen LogP contribution is 2.08. The number of anilines is 1. The Kier molecular flexibility index (Phi) is 4.44. The third-order valence-electron chi connectivity index (χ3n) is 2.31. The first kappa shape index (κ1) is 10.2. The van der Waals surface area contributed by atoms with Crippen molar-refractivity contribution in [1.29, 1.82) is 0 Å². The van der Waals surface area contributed by atoms with Gasteiger partial charge in [0.1, 0.15) is 0 Å². The van der Waals surface area contributed by atoms with E-state index >= 15 is 0 Å². The molecule has 0 radical (unpaired) electrons. The number of nitrogens with zero attached hydrogens (tertiary/aromatic N) is 1. The van der Waals surface area contributed by atoms with Gasteiger partial charge >= 0.3 is 0 Å². The molecule has 0 saturated carbocycles. The molecule has 1 aromatic rings. The average Bonchev–Trinajstić information content (AvgIpc) is 2.60. The van der Waals surface area contributed by atoms with E-state index in [2.05, 4.69) is 35.3 Å². The van der Waals surface area contributed by atoms with Crippen molar-refractivity contribution in [2.24, 2.45) is 0 Å². The molecule has 0 aliphatic rings. The zero-order chi connectivity index (χ0) is 9.52. The molecule has 0 bridgehead atoms. The zero-order valence-electron chi connectivity index (χ0n) is 8.71. The summed E-state index contributed by atoms with van der Waals surface area (Å²) in [6.07, 6.45) is 9.62. The van der Waals surface area contributed by atoms with Crippen LogP contribution in [0.5, 0.6) is 0 Å². The van der Waals surface area contributed by atoms with Crippen LogP contribution in [0.15, 0.2) is 18.5 Å². The van der Waals surface area contributed by atoms with Gasteiger partial charge in [0, 0.05) is 26.0 Å². The molecule has 2 heteroatoms. The van der Waals surface area contributed by atoms with Crippen molar-refractivity contribution >= 4 is 5.69 Å². The lowest BCUT2D eigenvalue weighted by molar-refractivity contribution is 0.584. The number of unbranched alkanes of at least 4 members (excludes halogenated alkanes) is 3. The molecule has 74 valence electrons. The summed E-state index contributed by atoms with van der Waals surface area (Å²) in [5, 5.41) is 3.13. The Balaban J connectivity index is 2.20. The summed E-state index contributed by atoms with van der Waals surface area (Å²) in [5.41, 5.74) is 1.20. The molecule has 13 heavy (non-hydrogen) atoms. The van der Waals surface area contributed by atoms with Gasteiger partial charge in [-0.3, -0.25) is 0 Å². The number of hydrogen-bond acceptors (Lipinski definition) is 1. The maximum Gasteiger partial charge on any atom is 0.0517 e. The van der Waals surface area contributed by atoms with Gasteiger partial charge in [0.25, 0.3) is 0 Å². The standard InChI is InChI=1S/C11H20N2/c1-3-4-5-6-8-13-9-7-11(10-13)12-2/h7,9-10,12H,3-6,8H2,1-2H3. The molecule has 0 aliphatic carbocycles. The summed E-state index contributed by atoms with van der Waals surface area (Å²) >= 11 is 0. The second kappa shape index (κ2) is 5.68. The molecule has 1 N–H and O–H groups in total. The van der Waals surface area contributed by atoms with Crippen LogP contribution in [0.25, 0.3) is 0 Å². The zero-order valence-corrected chi connectivity index (χ0v) is 8.71. The van der Waals surface area contributed by atoms with Crippen LogP contribution >= 0.6 is 0 Å². The molecule has 2 nitrogen and oxygen atoms in total. The minimum absolute atomic E-state index is 1.15. The molecule has 1 rings (SSSR count). The highest BCUT2D eigenvalue weighted by molar-refractivity contribution is 5.39. The second-order valence-electron chi connectivity index (χ2n) is 3.45. The van der Waals surface area contributed by atoms with Gasteiger partial charge in [0.2, 0.25) is 0 Å². The summed E-state index contributed by atoms with van der Waals surface area (Å²) < 4.78 is 2.25. The van der Waals surface area contributed by atoms with E-state index in [4.69, 9.17) is 0 Å². The van der Waals surface area contributed by atoms with Gasteiger partial charge in [-0.05, 0) is 12.5 Å². The molecule has 0 unspecified atom stereocenters. The van der Waals surface area contributed by atoms with E-state index in [0.717, 1.165) is 6.54 Å². The quantitative estimate of drug-likeness (QED) is 0.666. The van der Waals surface area contributed by atoms with E-state index in [1.165, 1.54) is 31.4 Å². The van der Waals surface area contributed by atoms with Gasteiger partial charge in [-0.15, -0.1) is 0 Å². The lowest BCUT2D eigenvalue weighted by Crippen LogP contribution is -1.94. The number of rotatable bonds is 6. The molecule has 0 amide bonds. The minimum atomic E-state index is 1.15.